The molecule has 1 heterocycles. The second-order valence-corrected chi connectivity index (χ2v) is 7.11. The summed E-state index contributed by atoms with van der Waals surface area (Å²) in [7, 11) is 0. The zero-order valence-electron chi connectivity index (χ0n) is 15.5. The van der Waals surface area contributed by atoms with Gasteiger partial charge in [-0.1, -0.05) is 26.0 Å². The van der Waals surface area contributed by atoms with Gasteiger partial charge in [0.1, 0.15) is 11.5 Å². The summed E-state index contributed by atoms with van der Waals surface area (Å²) in [5, 5.41) is 11.6. The molecule has 0 radical (unpaired) electrons. The minimum absolute atomic E-state index is 0.130. The molecule has 6 nitrogen and oxygen atoms in total. The molecule has 1 amide bonds. The number of carboxylic acids is 1. The fourth-order valence-electron chi connectivity index (χ4n) is 2.34. The number of amides is 1. The molecule has 0 aliphatic heterocycles. The number of hydrogen-bond donors (Lipinski definition) is 2. The van der Waals surface area contributed by atoms with Gasteiger partial charge >= 0.3 is 5.97 Å². The van der Waals surface area contributed by atoms with E-state index in [1.54, 1.807) is 0 Å². The third kappa shape index (κ3) is 4.88. The smallest absolute Gasteiger partial charge is 0.371 e. The Kier molecular flexibility index (Phi) is 6.08. The number of nitrogens with one attached hydrogen (secondary N) is 1. The Hall–Kier alpha value is -2.76. The van der Waals surface area contributed by atoms with E-state index in [0.717, 1.165) is 11.3 Å². The third-order valence-corrected chi connectivity index (χ3v) is 4.02. The van der Waals surface area contributed by atoms with Gasteiger partial charge in [0.15, 0.2) is 0 Å². The first-order valence-electron chi connectivity index (χ1n) is 8.54. The number of aromatic carboxylic acids is 1. The van der Waals surface area contributed by atoms with Crippen LogP contribution in [0.1, 0.15) is 49.6 Å². The van der Waals surface area contributed by atoms with E-state index in [9.17, 15) is 9.59 Å². The average Bonchev–Trinajstić information content (AvgIpc) is 3.07. The van der Waals surface area contributed by atoms with Crippen molar-refractivity contribution in [2.24, 2.45) is 5.92 Å². The summed E-state index contributed by atoms with van der Waals surface area (Å²) < 4.78 is 10.8. The molecular formula is C20H25NO5. The van der Waals surface area contributed by atoms with E-state index in [0.29, 0.717) is 18.3 Å². The molecule has 0 aliphatic carbocycles. The minimum Gasteiger partial charge on any atom is -0.493 e. The lowest BCUT2D eigenvalue weighted by Crippen LogP contribution is -2.39. The Labute approximate surface area is 153 Å². The first-order chi connectivity index (χ1) is 12.2. The SMILES string of the molecule is CC(C)COc1ccc(C(C)(C)C(=O)NCc2ccc(C(=O)O)o2)cc1. The summed E-state index contributed by atoms with van der Waals surface area (Å²) in [6, 6.07) is 10.4. The van der Waals surface area contributed by atoms with E-state index in [-0.39, 0.29) is 18.2 Å². The van der Waals surface area contributed by atoms with Crippen LogP contribution in [0, 0.1) is 5.92 Å². The Morgan fingerprint density at radius 2 is 1.81 bits per heavy atom. The minimum atomic E-state index is -1.14. The molecule has 0 unspecified atom stereocenters. The lowest BCUT2D eigenvalue weighted by atomic mass is 9.83. The van der Waals surface area contributed by atoms with E-state index in [1.807, 2.05) is 38.1 Å². The third-order valence-electron chi connectivity index (χ3n) is 4.02. The molecule has 2 aromatic rings. The molecule has 2 N–H and O–H groups in total. The highest BCUT2D eigenvalue weighted by atomic mass is 16.5. The number of ether oxygens (including phenoxy) is 1. The molecular weight excluding hydrogens is 334 g/mol. The molecule has 1 aromatic heterocycles. The maximum atomic E-state index is 12.6. The average molecular weight is 359 g/mol. The van der Waals surface area contributed by atoms with Gasteiger partial charge in [0.2, 0.25) is 11.7 Å². The normalized spacial score (nSPS) is 11.4. The summed E-state index contributed by atoms with van der Waals surface area (Å²) in [6.45, 7) is 8.60. The number of benzene rings is 1. The largest absolute Gasteiger partial charge is 0.493 e. The van der Waals surface area contributed by atoms with Crippen molar-refractivity contribution in [2.45, 2.75) is 39.7 Å². The highest BCUT2D eigenvalue weighted by molar-refractivity contribution is 5.87. The molecule has 0 fully saturated rings. The predicted molar refractivity (Wildman–Crippen MR) is 97.3 cm³/mol. The lowest BCUT2D eigenvalue weighted by Gasteiger charge is -2.24. The molecule has 0 atom stereocenters. The number of hydrogen-bond acceptors (Lipinski definition) is 4. The summed E-state index contributed by atoms with van der Waals surface area (Å²) in [5.41, 5.74) is 0.108. The van der Waals surface area contributed by atoms with Crippen molar-refractivity contribution in [3.63, 3.8) is 0 Å². The van der Waals surface area contributed by atoms with Crippen LogP contribution in [0.4, 0.5) is 0 Å². The number of carbonyl (C=O) groups is 2. The van der Waals surface area contributed by atoms with Gasteiger partial charge in [-0.3, -0.25) is 4.79 Å². The zero-order valence-corrected chi connectivity index (χ0v) is 15.5. The van der Waals surface area contributed by atoms with Crippen LogP contribution >= 0.6 is 0 Å². The van der Waals surface area contributed by atoms with E-state index < -0.39 is 11.4 Å². The number of rotatable bonds is 8. The van der Waals surface area contributed by atoms with Crippen LogP contribution in [-0.2, 0) is 16.8 Å². The fourth-order valence-corrected chi connectivity index (χ4v) is 2.34. The molecule has 0 bridgehead atoms. The Balaban J connectivity index is 1.98. The van der Waals surface area contributed by atoms with Gasteiger partial charge < -0.3 is 19.6 Å². The second-order valence-electron chi connectivity index (χ2n) is 7.11. The fraction of sp³-hybridized carbons (Fsp3) is 0.400. The Morgan fingerprint density at radius 1 is 1.15 bits per heavy atom. The van der Waals surface area contributed by atoms with Crippen molar-refractivity contribution in [1.29, 1.82) is 0 Å². The van der Waals surface area contributed by atoms with Crippen molar-refractivity contribution in [3.8, 4) is 5.75 Å². The van der Waals surface area contributed by atoms with Crippen LogP contribution in [-0.4, -0.2) is 23.6 Å². The molecule has 0 saturated heterocycles. The number of carbonyl (C=O) groups excluding carboxylic acids is 1. The van der Waals surface area contributed by atoms with Crippen LogP contribution in [0.2, 0.25) is 0 Å². The van der Waals surface area contributed by atoms with Crippen molar-refractivity contribution >= 4 is 11.9 Å². The maximum absolute atomic E-state index is 12.6. The Bertz CT molecular complexity index is 759. The summed E-state index contributed by atoms with van der Waals surface area (Å²) >= 11 is 0. The van der Waals surface area contributed by atoms with Crippen molar-refractivity contribution in [1.82, 2.24) is 5.32 Å². The molecule has 1 aromatic carbocycles. The second kappa shape index (κ2) is 8.08. The van der Waals surface area contributed by atoms with E-state index >= 15 is 0 Å². The lowest BCUT2D eigenvalue weighted by molar-refractivity contribution is -0.125. The monoisotopic (exact) mass is 359 g/mol. The summed E-state index contributed by atoms with van der Waals surface area (Å²) in [4.78, 5) is 23.4. The zero-order chi connectivity index (χ0) is 19.3. The van der Waals surface area contributed by atoms with Crippen LogP contribution < -0.4 is 10.1 Å². The summed E-state index contributed by atoms with van der Waals surface area (Å²) in [5.74, 6) is 0.148. The number of carboxylic acid groups (broad SMARTS) is 1. The number of furan rings is 1. The maximum Gasteiger partial charge on any atom is 0.371 e. The van der Waals surface area contributed by atoms with Crippen LogP contribution in [0.3, 0.4) is 0 Å². The van der Waals surface area contributed by atoms with E-state index in [2.05, 4.69) is 19.2 Å². The van der Waals surface area contributed by atoms with E-state index in [1.165, 1.54) is 12.1 Å². The quantitative estimate of drug-likeness (QED) is 0.752. The van der Waals surface area contributed by atoms with E-state index in [4.69, 9.17) is 14.3 Å². The topological polar surface area (TPSA) is 88.8 Å². The highest BCUT2D eigenvalue weighted by Gasteiger charge is 2.29. The molecule has 6 heteroatoms. The molecule has 0 saturated carbocycles. The van der Waals surface area contributed by atoms with Gasteiger partial charge in [-0.25, -0.2) is 4.79 Å². The van der Waals surface area contributed by atoms with Crippen molar-refractivity contribution < 1.29 is 23.8 Å². The van der Waals surface area contributed by atoms with Gasteiger partial charge in [0, 0.05) is 0 Å². The highest BCUT2D eigenvalue weighted by Crippen LogP contribution is 2.26. The van der Waals surface area contributed by atoms with Gasteiger partial charge in [0.25, 0.3) is 0 Å². The van der Waals surface area contributed by atoms with Gasteiger partial charge in [-0.2, -0.15) is 0 Å². The molecule has 140 valence electrons. The van der Waals surface area contributed by atoms with Crippen LogP contribution in [0.25, 0.3) is 0 Å². The standard InChI is InChI=1S/C20H25NO5/c1-13(2)12-25-15-7-5-14(6-8-15)20(3,4)19(24)21-11-16-9-10-17(26-16)18(22)23/h5-10,13H,11-12H2,1-4H3,(H,21,24)(H,22,23). The first kappa shape index (κ1) is 19.6. The van der Waals surface area contributed by atoms with Crippen molar-refractivity contribution in [2.75, 3.05) is 6.61 Å². The Morgan fingerprint density at radius 3 is 2.35 bits per heavy atom. The molecule has 2 rings (SSSR count). The first-order valence-corrected chi connectivity index (χ1v) is 8.54. The predicted octanol–water partition coefficient (Wildman–Crippen LogP) is 3.61. The molecule has 0 aliphatic rings. The van der Waals surface area contributed by atoms with Crippen LogP contribution in [0.5, 0.6) is 5.75 Å². The van der Waals surface area contributed by atoms with Gasteiger partial charge in [0.05, 0.1) is 18.6 Å². The van der Waals surface area contributed by atoms with Crippen molar-refractivity contribution in [3.05, 3.63) is 53.5 Å². The van der Waals surface area contributed by atoms with Gasteiger partial charge in [-0.05, 0) is 49.6 Å². The van der Waals surface area contributed by atoms with Gasteiger partial charge in [-0.15, -0.1) is 0 Å². The van der Waals surface area contributed by atoms with Crippen LogP contribution in [0.15, 0.2) is 40.8 Å². The molecule has 26 heavy (non-hydrogen) atoms. The summed E-state index contributed by atoms with van der Waals surface area (Å²) in [6.07, 6.45) is 0. The molecule has 0 spiro atoms.